The minimum absolute atomic E-state index is 0.190. The van der Waals surface area contributed by atoms with Crippen molar-refractivity contribution in [1.82, 2.24) is 14.9 Å². The van der Waals surface area contributed by atoms with E-state index in [1.165, 1.54) is 0 Å². The molecule has 1 aromatic carbocycles. The number of carbonyl (C=O) groups is 1. The average molecular weight is 243 g/mol. The molecule has 18 heavy (non-hydrogen) atoms. The van der Waals surface area contributed by atoms with Gasteiger partial charge in [0.05, 0.1) is 17.5 Å². The highest BCUT2D eigenvalue weighted by Crippen LogP contribution is 2.18. The molecule has 0 atom stereocenters. The normalized spacial score (nSPS) is 15.8. The van der Waals surface area contributed by atoms with Crippen LogP contribution in [0.4, 0.5) is 0 Å². The number of Topliss-reactive ketones (excluding diaryl/α,β-unsaturated/α-hetero) is 1. The van der Waals surface area contributed by atoms with E-state index in [1.54, 1.807) is 0 Å². The highest BCUT2D eigenvalue weighted by molar-refractivity contribution is 5.85. The van der Waals surface area contributed by atoms with E-state index >= 15 is 0 Å². The number of hydrogen-bond donors (Lipinski definition) is 1. The maximum Gasteiger partial charge on any atom is 0.146 e. The second-order valence-corrected chi connectivity index (χ2v) is 4.76. The van der Waals surface area contributed by atoms with Gasteiger partial charge >= 0.3 is 0 Å². The predicted molar refractivity (Wildman–Crippen MR) is 70.5 cm³/mol. The first-order chi connectivity index (χ1) is 8.79. The molecular formula is C14H17N3O. The van der Waals surface area contributed by atoms with Gasteiger partial charge < -0.3 is 9.88 Å². The number of rotatable bonds is 4. The topological polar surface area (TPSA) is 46.9 Å². The van der Waals surface area contributed by atoms with Crippen LogP contribution in [-0.2, 0) is 17.8 Å². The lowest BCUT2D eigenvalue weighted by Crippen LogP contribution is -2.47. The van der Waals surface area contributed by atoms with Crippen LogP contribution in [0.2, 0.25) is 0 Å². The van der Waals surface area contributed by atoms with E-state index in [0.717, 1.165) is 36.5 Å². The molecule has 0 aliphatic carbocycles. The van der Waals surface area contributed by atoms with Crippen LogP contribution in [-0.4, -0.2) is 28.4 Å². The summed E-state index contributed by atoms with van der Waals surface area (Å²) in [5.41, 5.74) is 2.10. The Morgan fingerprint density at radius 2 is 2.22 bits per heavy atom. The Morgan fingerprint density at radius 1 is 1.44 bits per heavy atom. The number of benzene rings is 1. The van der Waals surface area contributed by atoms with Crippen LogP contribution in [0.1, 0.15) is 12.7 Å². The number of nitrogens with one attached hydrogen (secondary N) is 1. The van der Waals surface area contributed by atoms with E-state index in [1.807, 2.05) is 18.2 Å². The van der Waals surface area contributed by atoms with Crippen molar-refractivity contribution in [2.75, 3.05) is 13.1 Å². The van der Waals surface area contributed by atoms with Crippen molar-refractivity contribution in [3.63, 3.8) is 0 Å². The SMILES string of the molecule is CCn1c(CC(=O)C2CNC2)nc2ccccc21. The standard InChI is InChI=1S/C14H17N3O/c1-2-17-12-6-4-3-5-11(12)16-14(17)7-13(18)10-8-15-9-10/h3-6,10,15H,2,7-9H2,1H3. The Balaban J connectivity index is 1.92. The van der Waals surface area contributed by atoms with Gasteiger partial charge in [-0.3, -0.25) is 4.79 Å². The minimum Gasteiger partial charge on any atom is -0.328 e. The lowest BCUT2D eigenvalue weighted by atomic mass is 9.96. The molecule has 0 bridgehead atoms. The van der Waals surface area contributed by atoms with Gasteiger partial charge in [-0.15, -0.1) is 0 Å². The number of aromatic nitrogens is 2. The third-order valence-corrected chi connectivity index (χ3v) is 3.62. The van der Waals surface area contributed by atoms with Gasteiger partial charge in [-0.05, 0) is 19.1 Å². The maximum atomic E-state index is 12.0. The number of ketones is 1. The number of para-hydroxylation sites is 2. The molecule has 1 aliphatic heterocycles. The summed E-state index contributed by atoms with van der Waals surface area (Å²) in [5, 5.41) is 3.14. The first kappa shape index (κ1) is 11.4. The predicted octanol–water partition coefficient (Wildman–Crippen LogP) is 1.39. The minimum atomic E-state index is 0.190. The number of hydrogen-bond acceptors (Lipinski definition) is 3. The molecule has 1 aromatic heterocycles. The number of nitrogens with zero attached hydrogens (tertiary/aromatic N) is 2. The summed E-state index contributed by atoms with van der Waals surface area (Å²) < 4.78 is 2.14. The average Bonchev–Trinajstić information content (AvgIpc) is 2.63. The highest BCUT2D eigenvalue weighted by Gasteiger charge is 2.26. The number of aryl methyl sites for hydroxylation is 1. The zero-order valence-electron chi connectivity index (χ0n) is 10.5. The van der Waals surface area contributed by atoms with Gasteiger partial charge in [0, 0.05) is 25.6 Å². The van der Waals surface area contributed by atoms with Crippen LogP contribution < -0.4 is 5.32 Å². The molecule has 2 aromatic rings. The number of fused-ring (bicyclic) bond motifs is 1. The number of imidazole rings is 1. The molecule has 2 heterocycles. The summed E-state index contributed by atoms with van der Waals surface area (Å²) in [7, 11) is 0. The fourth-order valence-electron chi connectivity index (χ4n) is 2.43. The second-order valence-electron chi connectivity index (χ2n) is 4.76. The van der Waals surface area contributed by atoms with E-state index in [2.05, 4.69) is 27.9 Å². The first-order valence-electron chi connectivity index (χ1n) is 6.47. The van der Waals surface area contributed by atoms with E-state index in [0.29, 0.717) is 12.2 Å². The fourth-order valence-corrected chi connectivity index (χ4v) is 2.43. The van der Waals surface area contributed by atoms with Gasteiger partial charge in [0.2, 0.25) is 0 Å². The molecule has 1 aliphatic rings. The van der Waals surface area contributed by atoms with Gasteiger partial charge in [0.25, 0.3) is 0 Å². The van der Waals surface area contributed by atoms with Crippen LogP contribution in [0, 0.1) is 5.92 Å². The van der Waals surface area contributed by atoms with E-state index < -0.39 is 0 Å². The van der Waals surface area contributed by atoms with Crippen LogP contribution >= 0.6 is 0 Å². The summed E-state index contributed by atoms with van der Waals surface area (Å²) in [6.45, 7) is 4.59. The fraction of sp³-hybridized carbons (Fsp3) is 0.429. The Morgan fingerprint density at radius 3 is 2.89 bits per heavy atom. The quantitative estimate of drug-likeness (QED) is 0.882. The number of carbonyl (C=O) groups excluding carboxylic acids is 1. The summed E-state index contributed by atoms with van der Waals surface area (Å²) in [4.78, 5) is 16.6. The van der Waals surface area contributed by atoms with Crippen LogP contribution in [0.3, 0.4) is 0 Å². The summed E-state index contributed by atoms with van der Waals surface area (Å²) in [6.07, 6.45) is 0.453. The van der Waals surface area contributed by atoms with Gasteiger partial charge in [-0.25, -0.2) is 4.98 Å². The molecule has 0 saturated carbocycles. The third-order valence-electron chi connectivity index (χ3n) is 3.62. The van der Waals surface area contributed by atoms with Crippen LogP contribution in [0.25, 0.3) is 11.0 Å². The molecule has 3 rings (SSSR count). The van der Waals surface area contributed by atoms with Crippen molar-refractivity contribution in [3.05, 3.63) is 30.1 Å². The van der Waals surface area contributed by atoms with Crippen LogP contribution in [0.15, 0.2) is 24.3 Å². The first-order valence-corrected chi connectivity index (χ1v) is 6.47. The molecule has 4 nitrogen and oxygen atoms in total. The van der Waals surface area contributed by atoms with Gasteiger partial charge in [0.15, 0.2) is 0 Å². The van der Waals surface area contributed by atoms with Crippen molar-refractivity contribution in [2.24, 2.45) is 5.92 Å². The lowest BCUT2D eigenvalue weighted by Gasteiger charge is -2.25. The molecule has 0 unspecified atom stereocenters. The molecule has 0 spiro atoms. The van der Waals surface area contributed by atoms with Gasteiger partial charge in [-0.2, -0.15) is 0 Å². The largest absolute Gasteiger partial charge is 0.328 e. The maximum absolute atomic E-state index is 12.0. The highest BCUT2D eigenvalue weighted by atomic mass is 16.1. The Hall–Kier alpha value is -1.68. The zero-order valence-corrected chi connectivity index (χ0v) is 10.5. The molecule has 1 N–H and O–H groups in total. The molecule has 94 valence electrons. The molecule has 1 saturated heterocycles. The zero-order chi connectivity index (χ0) is 12.5. The molecule has 4 heteroatoms. The summed E-state index contributed by atoms with van der Waals surface area (Å²) in [5.74, 6) is 1.39. The summed E-state index contributed by atoms with van der Waals surface area (Å²) >= 11 is 0. The van der Waals surface area contributed by atoms with E-state index in [-0.39, 0.29) is 5.92 Å². The Labute approximate surface area is 106 Å². The molecule has 0 radical (unpaired) electrons. The Bertz CT molecular complexity index is 584. The molecule has 1 fully saturated rings. The lowest BCUT2D eigenvalue weighted by molar-refractivity contribution is -0.123. The van der Waals surface area contributed by atoms with Crippen molar-refractivity contribution >= 4 is 16.8 Å². The van der Waals surface area contributed by atoms with Crippen LogP contribution in [0.5, 0.6) is 0 Å². The van der Waals surface area contributed by atoms with Crippen molar-refractivity contribution in [1.29, 1.82) is 0 Å². The van der Waals surface area contributed by atoms with Crippen molar-refractivity contribution in [2.45, 2.75) is 19.9 Å². The third kappa shape index (κ3) is 1.82. The smallest absolute Gasteiger partial charge is 0.146 e. The molecular weight excluding hydrogens is 226 g/mol. The second kappa shape index (κ2) is 4.53. The Kier molecular flexibility index (Phi) is 2.88. The summed E-state index contributed by atoms with van der Waals surface area (Å²) in [6, 6.07) is 8.06. The van der Waals surface area contributed by atoms with Gasteiger partial charge in [0.1, 0.15) is 11.6 Å². The van der Waals surface area contributed by atoms with Crippen molar-refractivity contribution in [3.8, 4) is 0 Å². The van der Waals surface area contributed by atoms with E-state index in [9.17, 15) is 4.79 Å². The molecule has 0 amide bonds. The monoisotopic (exact) mass is 243 g/mol. The van der Waals surface area contributed by atoms with Gasteiger partial charge in [-0.1, -0.05) is 12.1 Å². The van der Waals surface area contributed by atoms with Crippen molar-refractivity contribution < 1.29 is 4.79 Å². The van der Waals surface area contributed by atoms with E-state index in [4.69, 9.17) is 0 Å².